The Kier molecular flexibility index (Phi) is 5.36. The van der Waals surface area contributed by atoms with Gasteiger partial charge in [0.25, 0.3) is 0 Å². The van der Waals surface area contributed by atoms with E-state index in [-0.39, 0.29) is 11.9 Å². The Bertz CT molecular complexity index is 444. The van der Waals surface area contributed by atoms with Crippen molar-refractivity contribution in [1.29, 1.82) is 0 Å². The van der Waals surface area contributed by atoms with Crippen LogP contribution in [-0.2, 0) is 16.0 Å². The summed E-state index contributed by atoms with van der Waals surface area (Å²) in [6.07, 6.45) is 0.918. The van der Waals surface area contributed by atoms with Gasteiger partial charge in [0.05, 0.1) is 24.3 Å². The molecule has 1 aromatic rings. The molecule has 104 valence electrons. The number of rotatable bonds is 5. The fourth-order valence-corrected chi connectivity index (χ4v) is 2.71. The van der Waals surface area contributed by atoms with Gasteiger partial charge in [-0.15, -0.1) is 0 Å². The Hall–Kier alpha value is -0.910. The quantitative estimate of drug-likeness (QED) is 0.898. The molecular weight excluding hydrogens is 310 g/mol. The van der Waals surface area contributed by atoms with E-state index in [1.165, 1.54) is 0 Å². The minimum atomic E-state index is 0.0166. The number of morpholine rings is 1. The zero-order valence-electron chi connectivity index (χ0n) is 10.9. The summed E-state index contributed by atoms with van der Waals surface area (Å²) in [5, 5.41) is 3.23. The van der Waals surface area contributed by atoms with Crippen LogP contribution < -0.4 is 10.1 Å². The summed E-state index contributed by atoms with van der Waals surface area (Å²) in [4.78, 5) is 12.0. The first-order chi connectivity index (χ1) is 9.19. The van der Waals surface area contributed by atoms with E-state index in [4.69, 9.17) is 9.47 Å². The van der Waals surface area contributed by atoms with Crippen molar-refractivity contribution < 1.29 is 14.3 Å². The monoisotopic (exact) mass is 327 g/mol. The molecule has 0 aromatic heterocycles. The zero-order chi connectivity index (χ0) is 13.7. The molecule has 1 aliphatic rings. The van der Waals surface area contributed by atoms with Crippen LogP contribution in [0.5, 0.6) is 5.75 Å². The predicted molar refractivity (Wildman–Crippen MR) is 76.6 cm³/mol. The summed E-state index contributed by atoms with van der Waals surface area (Å²) < 4.78 is 11.6. The molecule has 2 rings (SSSR count). The van der Waals surface area contributed by atoms with Gasteiger partial charge in [-0.25, -0.2) is 0 Å². The van der Waals surface area contributed by atoms with Crippen LogP contribution in [0.1, 0.15) is 12.0 Å². The molecule has 1 unspecified atom stereocenters. The summed E-state index contributed by atoms with van der Waals surface area (Å²) in [6, 6.07) is 5.71. The van der Waals surface area contributed by atoms with E-state index < -0.39 is 0 Å². The minimum Gasteiger partial charge on any atom is -0.496 e. The van der Waals surface area contributed by atoms with Crippen LogP contribution in [0.4, 0.5) is 0 Å². The molecule has 1 fully saturated rings. The zero-order valence-corrected chi connectivity index (χ0v) is 12.5. The fourth-order valence-electron chi connectivity index (χ4n) is 2.12. The third kappa shape index (κ3) is 4.30. The number of hydrogen-bond donors (Lipinski definition) is 1. The Morgan fingerprint density at radius 1 is 1.58 bits per heavy atom. The van der Waals surface area contributed by atoms with Gasteiger partial charge in [-0.3, -0.25) is 4.79 Å². The average Bonchev–Trinajstić information content (AvgIpc) is 2.40. The lowest BCUT2D eigenvalue weighted by atomic mass is 10.0. The topological polar surface area (TPSA) is 47.6 Å². The van der Waals surface area contributed by atoms with Gasteiger partial charge in [0, 0.05) is 25.9 Å². The van der Waals surface area contributed by atoms with Crippen molar-refractivity contribution in [3.8, 4) is 5.75 Å². The molecule has 0 aliphatic carbocycles. The Morgan fingerprint density at radius 3 is 3.05 bits per heavy atom. The summed E-state index contributed by atoms with van der Waals surface area (Å²) in [5.74, 6) is 0.974. The maximum absolute atomic E-state index is 12.0. The van der Waals surface area contributed by atoms with Gasteiger partial charge in [-0.2, -0.15) is 0 Å². The summed E-state index contributed by atoms with van der Waals surface area (Å²) in [5.41, 5.74) is 0.987. The Balaban J connectivity index is 1.89. The fraction of sp³-hybridized carbons (Fsp3) is 0.500. The molecule has 0 radical (unpaired) electrons. The Morgan fingerprint density at radius 2 is 2.42 bits per heavy atom. The number of hydrogen-bond acceptors (Lipinski definition) is 4. The number of carbonyl (C=O) groups is 1. The second kappa shape index (κ2) is 7.03. The SMILES string of the molecule is COc1ccc(CC(=O)CC2CNCCO2)cc1Br. The second-order valence-corrected chi connectivity index (χ2v) is 5.44. The van der Waals surface area contributed by atoms with Crippen molar-refractivity contribution in [2.45, 2.75) is 18.9 Å². The minimum absolute atomic E-state index is 0.0166. The summed E-state index contributed by atoms with van der Waals surface area (Å²) >= 11 is 3.42. The first-order valence-corrected chi connectivity index (χ1v) is 7.15. The van der Waals surface area contributed by atoms with E-state index in [1.807, 2.05) is 18.2 Å². The van der Waals surface area contributed by atoms with Crippen molar-refractivity contribution >= 4 is 21.7 Å². The molecule has 1 atom stereocenters. The molecule has 0 amide bonds. The van der Waals surface area contributed by atoms with Crippen molar-refractivity contribution in [1.82, 2.24) is 5.32 Å². The highest BCUT2D eigenvalue weighted by Gasteiger charge is 2.17. The molecule has 1 aromatic carbocycles. The van der Waals surface area contributed by atoms with E-state index in [2.05, 4.69) is 21.2 Å². The maximum Gasteiger partial charge on any atom is 0.139 e. The van der Waals surface area contributed by atoms with E-state index in [9.17, 15) is 4.79 Å². The van der Waals surface area contributed by atoms with Gasteiger partial charge in [0.2, 0.25) is 0 Å². The van der Waals surface area contributed by atoms with E-state index in [0.717, 1.165) is 28.9 Å². The number of ether oxygens (including phenoxy) is 2. The molecule has 19 heavy (non-hydrogen) atoms. The van der Waals surface area contributed by atoms with Crippen molar-refractivity contribution in [3.63, 3.8) is 0 Å². The largest absolute Gasteiger partial charge is 0.496 e. The summed E-state index contributed by atoms with van der Waals surface area (Å²) in [7, 11) is 1.62. The number of benzene rings is 1. The molecule has 1 aliphatic heterocycles. The average molecular weight is 328 g/mol. The summed E-state index contributed by atoms with van der Waals surface area (Å²) in [6.45, 7) is 2.32. The molecular formula is C14H18BrNO3. The van der Waals surface area contributed by atoms with Gasteiger partial charge in [-0.05, 0) is 33.6 Å². The first kappa shape index (κ1) is 14.5. The highest BCUT2D eigenvalue weighted by atomic mass is 79.9. The third-order valence-electron chi connectivity index (χ3n) is 3.08. The van der Waals surface area contributed by atoms with Gasteiger partial charge in [-0.1, -0.05) is 6.07 Å². The highest BCUT2D eigenvalue weighted by Crippen LogP contribution is 2.25. The molecule has 1 saturated heterocycles. The number of nitrogens with one attached hydrogen (secondary N) is 1. The van der Waals surface area contributed by atoms with E-state index in [0.29, 0.717) is 19.4 Å². The van der Waals surface area contributed by atoms with Crippen LogP contribution in [0, 0.1) is 0 Å². The highest BCUT2D eigenvalue weighted by molar-refractivity contribution is 9.10. The number of Topliss-reactive ketones (excluding diaryl/α,β-unsaturated/α-hetero) is 1. The first-order valence-electron chi connectivity index (χ1n) is 6.35. The van der Waals surface area contributed by atoms with Crippen LogP contribution in [0.25, 0.3) is 0 Å². The van der Waals surface area contributed by atoms with E-state index in [1.54, 1.807) is 7.11 Å². The lowest BCUT2D eigenvalue weighted by molar-refractivity contribution is -0.121. The van der Waals surface area contributed by atoms with Crippen LogP contribution in [0.2, 0.25) is 0 Å². The molecule has 1 N–H and O–H groups in total. The van der Waals surface area contributed by atoms with Gasteiger partial charge in [0.1, 0.15) is 11.5 Å². The normalized spacial score (nSPS) is 19.2. The third-order valence-corrected chi connectivity index (χ3v) is 3.70. The molecule has 0 bridgehead atoms. The predicted octanol–water partition coefficient (Wildman–Crippen LogP) is 1.95. The van der Waals surface area contributed by atoms with Crippen molar-refractivity contribution in [2.75, 3.05) is 26.8 Å². The molecule has 1 heterocycles. The number of halogens is 1. The maximum atomic E-state index is 12.0. The smallest absolute Gasteiger partial charge is 0.139 e. The van der Waals surface area contributed by atoms with Gasteiger partial charge < -0.3 is 14.8 Å². The molecule has 0 saturated carbocycles. The lowest BCUT2D eigenvalue weighted by Crippen LogP contribution is -2.39. The lowest BCUT2D eigenvalue weighted by Gasteiger charge is -2.22. The molecule has 4 nitrogen and oxygen atoms in total. The van der Waals surface area contributed by atoms with Crippen molar-refractivity contribution in [2.24, 2.45) is 0 Å². The van der Waals surface area contributed by atoms with E-state index >= 15 is 0 Å². The number of carbonyl (C=O) groups excluding carboxylic acids is 1. The van der Waals surface area contributed by atoms with Crippen LogP contribution in [-0.4, -0.2) is 38.7 Å². The van der Waals surface area contributed by atoms with Crippen LogP contribution in [0.15, 0.2) is 22.7 Å². The standard InChI is InChI=1S/C14H18BrNO3/c1-18-14-3-2-10(7-13(14)15)6-11(17)8-12-9-16-4-5-19-12/h2-3,7,12,16H,4-6,8-9H2,1H3. The second-order valence-electron chi connectivity index (χ2n) is 4.59. The number of methoxy groups -OCH3 is 1. The molecule has 5 heteroatoms. The van der Waals surface area contributed by atoms with Crippen LogP contribution in [0.3, 0.4) is 0 Å². The van der Waals surface area contributed by atoms with Crippen molar-refractivity contribution in [3.05, 3.63) is 28.2 Å². The Labute approximate surface area is 121 Å². The van der Waals surface area contributed by atoms with Gasteiger partial charge in [0.15, 0.2) is 0 Å². The number of ketones is 1. The molecule has 0 spiro atoms. The van der Waals surface area contributed by atoms with Gasteiger partial charge >= 0.3 is 0 Å². The van der Waals surface area contributed by atoms with Crippen LogP contribution >= 0.6 is 15.9 Å².